The van der Waals surface area contributed by atoms with Crippen molar-refractivity contribution < 1.29 is 23.4 Å². The Hall–Kier alpha value is -4.92. The number of rotatable bonds is 8. The summed E-state index contributed by atoms with van der Waals surface area (Å²) in [4.78, 5) is 31.3. The number of halogens is 1. The number of ether oxygens (including phenoxy) is 3. The Morgan fingerprint density at radius 3 is 2.46 bits per heavy atom. The first kappa shape index (κ1) is 26.3. The summed E-state index contributed by atoms with van der Waals surface area (Å²) in [5.41, 5.74) is 2.35. The Morgan fingerprint density at radius 2 is 1.71 bits per heavy atom. The normalized spacial score (nSPS) is 12.7. The topological polar surface area (TPSA) is 84.6 Å². The largest absolute Gasteiger partial charge is 0.493 e. The Kier molecular flexibility index (Phi) is 7.01. The second-order valence-electron chi connectivity index (χ2n) is 9.85. The summed E-state index contributed by atoms with van der Waals surface area (Å²) in [7, 11) is 3.07. The molecule has 3 aromatic carbocycles. The minimum atomic E-state index is -0.624. The molecule has 0 amide bonds. The molecule has 5 aromatic rings. The van der Waals surface area contributed by atoms with Gasteiger partial charge in [-0.2, -0.15) is 0 Å². The lowest BCUT2D eigenvalue weighted by atomic mass is 9.99. The van der Waals surface area contributed by atoms with E-state index in [4.69, 9.17) is 14.2 Å². The first-order valence-electron chi connectivity index (χ1n) is 13.4. The number of Topliss-reactive ketones (excluding diaryl/α,β-unsaturated/α-hetero) is 1. The molecular formula is C32H28FN3O5. The fourth-order valence-corrected chi connectivity index (χ4v) is 5.40. The smallest absolute Gasteiger partial charge is 0.282 e. The van der Waals surface area contributed by atoms with Gasteiger partial charge in [0.1, 0.15) is 11.3 Å². The van der Waals surface area contributed by atoms with Gasteiger partial charge in [0.25, 0.3) is 5.56 Å². The molecule has 1 aliphatic rings. The number of para-hydroxylation sites is 1. The second kappa shape index (κ2) is 10.9. The van der Waals surface area contributed by atoms with E-state index in [1.54, 1.807) is 35.1 Å². The molecule has 3 heterocycles. The molecule has 9 heteroatoms. The van der Waals surface area contributed by atoms with E-state index in [0.717, 1.165) is 18.5 Å². The average molecular weight is 554 g/mol. The third-order valence-electron chi connectivity index (χ3n) is 7.35. The van der Waals surface area contributed by atoms with E-state index in [9.17, 15) is 9.59 Å². The van der Waals surface area contributed by atoms with Crippen LogP contribution >= 0.6 is 0 Å². The third kappa shape index (κ3) is 4.84. The van der Waals surface area contributed by atoms with Gasteiger partial charge in [0, 0.05) is 30.6 Å². The van der Waals surface area contributed by atoms with Crippen LogP contribution in [0.1, 0.15) is 34.5 Å². The summed E-state index contributed by atoms with van der Waals surface area (Å²) in [6.45, 7) is 0.662. The summed E-state index contributed by atoms with van der Waals surface area (Å²) < 4.78 is 35.4. The van der Waals surface area contributed by atoms with Gasteiger partial charge in [-0.25, -0.2) is 9.07 Å². The van der Waals surface area contributed by atoms with Gasteiger partial charge in [-0.15, -0.1) is 0 Å². The van der Waals surface area contributed by atoms with Crippen LogP contribution in [0.5, 0.6) is 23.0 Å². The molecule has 0 saturated carbocycles. The van der Waals surface area contributed by atoms with Crippen LogP contribution in [-0.2, 0) is 19.4 Å². The van der Waals surface area contributed by atoms with Gasteiger partial charge in [0.15, 0.2) is 28.8 Å². The van der Waals surface area contributed by atoms with Crippen LogP contribution in [0.2, 0.25) is 0 Å². The number of carbonyl (C=O) groups is 1. The van der Waals surface area contributed by atoms with Gasteiger partial charge in [0.2, 0.25) is 0 Å². The van der Waals surface area contributed by atoms with Crippen molar-refractivity contribution in [2.45, 2.75) is 32.2 Å². The zero-order chi connectivity index (χ0) is 28.5. The summed E-state index contributed by atoms with van der Waals surface area (Å²) in [6, 6.07) is 18.8. The van der Waals surface area contributed by atoms with Crippen molar-refractivity contribution >= 4 is 16.7 Å². The van der Waals surface area contributed by atoms with Gasteiger partial charge in [-0.3, -0.25) is 19.3 Å². The molecule has 8 nitrogen and oxygen atoms in total. The lowest BCUT2D eigenvalue weighted by molar-refractivity contribution is 0.0990. The van der Waals surface area contributed by atoms with E-state index in [2.05, 4.69) is 4.98 Å². The van der Waals surface area contributed by atoms with E-state index < -0.39 is 5.82 Å². The zero-order valence-electron chi connectivity index (χ0n) is 22.7. The molecule has 0 bridgehead atoms. The third-order valence-corrected chi connectivity index (χ3v) is 7.35. The number of hydrogen-bond acceptors (Lipinski definition) is 6. The predicted octanol–water partition coefficient (Wildman–Crippen LogP) is 5.90. The molecule has 0 spiro atoms. The van der Waals surface area contributed by atoms with Gasteiger partial charge in [-0.1, -0.05) is 24.3 Å². The molecule has 0 N–H and O–H groups in total. The van der Waals surface area contributed by atoms with Crippen molar-refractivity contribution in [2.24, 2.45) is 0 Å². The Balaban J connectivity index is 1.28. The number of ketones is 1. The minimum absolute atomic E-state index is 0.00355. The fraction of sp³-hybridized carbons (Fsp3) is 0.219. The molecule has 2 aromatic heterocycles. The number of aromatic nitrogens is 3. The maximum atomic E-state index is 15.3. The predicted molar refractivity (Wildman–Crippen MR) is 152 cm³/mol. The lowest BCUT2D eigenvalue weighted by Gasteiger charge is -2.19. The molecule has 208 valence electrons. The van der Waals surface area contributed by atoms with Crippen LogP contribution in [-0.4, -0.2) is 34.4 Å². The molecule has 0 fully saturated rings. The van der Waals surface area contributed by atoms with Crippen molar-refractivity contribution in [3.05, 3.63) is 106 Å². The van der Waals surface area contributed by atoms with E-state index in [1.165, 1.54) is 26.4 Å². The van der Waals surface area contributed by atoms with Crippen molar-refractivity contribution in [3.8, 4) is 28.7 Å². The molecule has 1 aliphatic heterocycles. The van der Waals surface area contributed by atoms with E-state index in [-0.39, 0.29) is 29.1 Å². The zero-order valence-corrected chi connectivity index (χ0v) is 22.7. The van der Waals surface area contributed by atoms with Gasteiger partial charge in [0.05, 0.1) is 31.1 Å². The first-order chi connectivity index (χ1) is 20.0. The molecule has 6 rings (SSSR count). The van der Waals surface area contributed by atoms with E-state index >= 15 is 4.39 Å². The molecule has 0 aliphatic carbocycles. The van der Waals surface area contributed by atoms with E-state index in [0.29, 0.717) is 52.4 Å². The highest BCUT2D eigenvalue weighted by Crippen LogP contribution is 2.37. The number of pyridine rings is 1. The van der Waals surface area contributed by atoms with E-state index in [1.807, 2.05) is 35.0 Å². The van der Waals surface area contributed by atoms with Crippen molar-refractivity contribution in [2.75, 3.05) is 14.2 Å². The SMILES string of the molecule is COc1cc2nccc(Oc3ccc(CC(=O)c4c5n(n(-c6ccccc6)c4=O)CCCC5)cc3F)c2cc1OC. The summed E-state index contributed by atoms with van der Waals surface area (Å²) in [5, 5.41) is 0.622. The highest BCUT2D eigenvalue weighted by Gasteiger charge is 2.27. The number of benzene rings is 3. The van der Waals surface area contributed by atoms with Crippen LogP contribution in [0.4, 0.5) is 4.39 Å². The Morgan fingerprint density at radius 1 is 0.927 bits per heavy atom. The molecule has 0 unspecified atom stereocenters. The highest BCUT2D eigenvalue weighted by molar-refractivity contribution is 5.98. The Labute approximate surface area is 235 Å². The molecule has 0 saturated heterocycles. The minimum Gasteiger partial charge on any atom is -0.493 e. The lowest BCUT2D eigenvalue weighted by Crippen LogP contribution is -2.24. The van der Waals surface area contributed by atoms with Gasteiger partial charge >= 0.3 is 0 Å². The van der Waals surface area contributed by atoms with Crippen molar-refractivity contribution in [1.29, 1.82) is 0 Å². The summed E-state index contributed by atoms with van der Waals surface area (Å²) in [6.07, 6.45) is 3.94. The molecule has 0 radical (unpaired) electrons. The Bertz CT molecular complexity index is 1830. The van der Waals surface area contributed by atoms with Gasteiger partial charge in [-0.05, 0) is 61.2 Å². The van der Waals surface area contributed by atoms with Crippen LogP contribution in [0, 0.1) is 5.82 Å². The second-order valence-corrected chi connectivity index (χ2v) is 9.85. The van der Waals surface area contributed by atoms with Crippen LogP contribution in [0.25, 0.3) is 16.6 Å². The highest BCUT2D eigenvalue weighted by atomic mass is 19.1. The molecule has 0 atom stereocenters. The monoisotopic (exact) mass is 553 g/mol. The van der Waals surface area contributed by atoms with Crippen LogP contribution in [0.15, 0.2) is 77.7 Å². The summed E-state index contributed by atoms with van der Waals surface area (Å²) in [5.74, 6) is 0.443. The van der Waals surface area contributed by atoms with Crippen LogP contribution in [0.3, 0.4) is 0 Å². The van der Waals surface area contributed by atoms with Crippen LogP contribution < -0.4 is 19.8 Å². The fourth-order valence-electron chi connectivity index (χ4n) is 5.40. The molecular weight excluding hydrogens is 525 g/mol. The number of carbonyl (C=O) groups excluding carboxylic acids is 1. The van der Waals surface area contributed by atoms with Crippen molar-refractivity contribution in [1.82, 2.24) is 14.3 Å². The number of hydrogen-bond donors (Lipinski definition) is 0. The number of fused-ring (bicyclic) bond motifs is 2. The van der Waals surface area contributed by atoms with Gasteiger partial charge < -0.3 is 14.2 Å². The summed E-state index contributed by atoms with van der Waals surface area (Å²) >= 11 is 0. The first-order valence-corrected chi connectivity index (χ1v) is 13.4. The quantitative estimate of drug-likeness (QED) is 0.223. The number of nitrogens with zero attached hydrogens (tertiary/aromatic N) is 3. The average Bonchev–Trinajstić information content (AvgIpc) is 3.30. The maximum absolute atomic E-state index is 15.3. The standard InChI is InChI=1S/C32H28FN3O5/c1-39-29-18-22-24(19-30(29)40-2)34-14-13-27(22)41-28-12-11-20(16-23(28)33)17-26(37)31-25-10-6-7-15-35(25)36(32(31)38)21-8-4-3-5-9-21/h3-5,8-9,11-14,16,18-19H,6-7,10,15,17H2,1-2H3. The molecule has 41 heavy (non-hydrogen) atoms. The number of methoxy groups -OCH3 is 2. The van der Waals surface area contributed by atoms with Crippen molar-refractivity contribution in [3.63, 3.8) is 0 Å². The maximum Gasteiger partial charge on any atom is 0.282 e.